The molecule has 146 valence electrons. The first kappa shape index (κ1) is 19.7. The van der Waals surface area contributed by atoms with E-state index in [-0.39, 0.29) is 11.8 Å². The summed E-state index contributed by atoms with van der Waals surface area (Å²) in [6.45, 7) is 5.36. The van der Waals surface area contributed by atoms with Crippen molar-refractivity contribution in [2.45, 2.75) is 26.4 Å². The number of hydrogen-bond donors (Lipinski definition) is 1. The van der Waals surface area contributed by atoms with E-state index in [0.717, 1.165) is 5.82 Å². The average molecular weight is 377 g/mol. The maximum Gasteiger partial charge on any atom is 0.251 e. The number of imidazole rings is 1. The third kappa shape index (κ3) is 5.00. The highest BCUT2D eigenvalue weighted by Crippen LogP contribution is 2.23. The Bertz CT molecular complexity index is 886. The zero-order chi connectivity index (χ0) is 19.9. The molecule has 0 fully saturated rings. The molecule has 1 N–H and O–H groups in total. The fourth-order valence-corrected chi connectivity index (χ4v) is 3.13. The average Bonchev–Trinajstić information content (AvgIpc) is 3.12. The molecule has 0 aliphatic rings. The van der Waals surface area contributed by atoms with E-state index in [4.69, 9.17) is 4.74 Å². The van der Waals surface area contributed by atoms with Crippen LogP contribution in [0.1, 0.15) is 41.5 Å². The summed E-state index contributed by atoms with van der Waals surface area (Å²) in [6.07, 6.45) is 3.62. The first-order valence-corrected chi connectivity index (χ1v) is 9.57. The lowest BCUT2D eigenvalue weighted by molar-refractivity contribution is 0.0949. The smallest absolute Gasteiger partial charge is 0.251 e. The predicted molar refractivity (Wildman–Crippen MR) is 110 cm³/mol. The number of nitrogens with one attached hydrogen (secondary N) is 1. The van der Waals surface area contributed by atoms with Gasteiger partial charge in [-0.2, -0.15) is 0 Å². The number of amides is 1. The second kappa shape index (κ2) is 9.22. The molecule has 3 rings (SSSR count). The number of carbonyl (C=O) groups is 1. The zero-order valence-corrected chi connectivity index (χ0v) is 16.6. The van der Waals surface area contributed by atoms with Gasteiger partial charge < -0.3 is 14.6 Å². The van der Waals surface area contributed by atoms with Gasteiger partial charge in [0.25, 0.3) is 5.91 Å². The van der Waals surface area contributed by atoms with Crippen molar-refractivity contribution < 1.29 is 9.53 Å². The summed E-state index contributed by atoms with van der Waals surface area (Å²) >= 11 is 0. The van der Waals surface area contributed by atoms with E-state index >= 15 is 0 Å². The molecule has 0 aliphatic heterocycles. The van der Waals surface area contributed by atoms with Crippen molar-refractivity contribution in [3.05, 3.63) is 83.9 Å². The predicted octanol–water partition coefficient (Wildman–Crippen LogP) is 4.17. The highest BCUT2D eigenvalue weighted by atomic mass is 16.5. The van der Waals surface area contributed by atoms with Gasteiger partial charge in [0, 0.05) is 37.5 Å². The van der Waals surface area contributed by atoms with Crippen molar-refractivity contribution in [3.63, 3.8) is 0 Å². The molecule has 1 atom stereocenters. The molecule has 3 aromatic rings. The van der Waals surface area contributed by atoms with Crippen LogP contribution in [0.5, 0.6) is 5.75 Å². The minimum absolute atomic E-state index is 0.0720. The summed E-state index contributed by atoms with van der Waals surface area (Å²) in [6, 6.07) is 17.5. The van der Waals surface area contributed by atoms with Gasteiger partial charge in [-0.3, -0.25) is 4.79 Å². The number of ether oxygens (including phenoxy) is 1. The fourth-order valence-electron chi connectivity index (χ4n) is 3.13. The number of nitrogens with zero attached hydrogens (tertiary/aromatic N) is 2. The summed E-state index contributed by atoms with van der Waals surface area (Å²) in [5.41, 5.74) is 1.87. The van der Waals surface area contributed by atoms with Gasteiger partial charge in [-0.15, -0.1) is 0 Å². The summed E-state index contributed by atoms with van der Waals surface area (Å²) < 4.78 is 7.65. The molecule has 28 heavy (non-hydrogen) atoms. The summed E-state index contributed by atoms with van der Waals surface area (Å²) in [5.74, 6) is 2.21. The Balaban J connectivity index is 1.56. The molecule has 1 unspecified atom stereocenters. The van der Waals surface area contributed by atoms with Gasteiger partial charge in [0.2, 0.25) is 0 Å². The Morgan fingerprint density at radius 2 is 1.82 bits per heavy atom. The lowest BCUT2D eigenvalue weighted by atomic mass is 9.88. The molecular weight excluding hydrogens is 350 g/mol. The minimum Gasteiger partial charge on any atom is -0.486 e. The van der Waals surface area contributed by atoms with E-state index in [1.54, 1.807) is 18.3 Å². The largest absolute Gasteiger partial charge is 0.486 e. The lowest BCUT2D eigenvalue weighted by Gasteiger charge is -2.22. The Morgan fingerprint density at radius 1 is 1.11 bits per heavy atom. The summed E-state index contributed by atoms with van der Waals surface area (Å²) in [4.78, 5) is 16.8. The van der Waals surface area contributed by atoms with Crippen LogP contribution in [0.15, 0.2) is 67.0 Å². The molecule has 1 aromatic heterocycles. The SMILES string of the molecule is CC(C)C(CNC(=O)c1ccc(OCc2nccn2C)cc1)c1ccccc1. The lowest BCUT2D eigenvalue weighted by Crippen LogP contribution is -2.30. The Labute approximate surface area is 166 Å². The molecule has 2 aromatic carbocycles. The quantitative estimate of drug-likeness (QED) is 0.641. The topological polar surface area (TPSA) is 56.1 Å². The van der Waals surface area contributed by atoms with Crippen LogP contribution in [0, 0.1) is 5.92 Å². The number of aromatic nitrogens is 2. The van der Waals surface area contributed by atoms with Gasteiger partial charge in [-0.05, 0) is 35.7 Å². The summed E-state index contributed by atoms with van der Waals surface area (Å²) in [7, 11) is 1.93. The van der Waals surface area contributed by atoms with Crippen LogP contribution in [0.2, 0.25) is 0 Å². The van der Waals surface area contributed by atoms with E-state index in [0.29, 0.717) is 30.4 Å². The number of benzene rings is 2. The van der Waals surface area contributed by atoms with Gasteiger partial charge in [0.05, 0.1) is 0 Å². The maximum absolute atomic E-state index is 12.5. The van der Waals surface area contributed by atoms with Crippen LogP contribution in [-0.4, -0.2) is 22.0 Å². The Kier molecular flexibility index (Phi) is 6.48. The number of aryl methyl sites for hydroxylation is 1. The molecule has 0 radical (unpaired) electrons. The maximum atomic E-state index is 12.5. The highest BCUT2D eigenvalue weighted by Gasteiger charge is 2.17. The minimum atomic E-state index is -0.0720. The van der Waals surface area contributed by atoms with Crippen LogP contribution in [0.25, 0.3) is 0 Å². The first-order valence-electron chi connectivity index (χ1n) is 9.57. The van der Waals surface area contributed by atoms with Gasteiger partial charge in [0.15, 0.2) is 0 Å². The van der Waals surface area contributed by atoms with Gasteiger partial charge >= 0.3 is 0 Å². The molecule has 0 spiro atoms. The molecule has 0 saturated heterocycles. The highest BCUT2D eigenvalue weighted by molar-refractivity contribution is 5.94. The molecule has 5 nitrogen and oxygen atoms in total. The molecular formula is C23H27N3O2. The van der Waals surface area contributed by atoms with E-state index in [1.165, 1.54) is 5.56 Å². The first-order chi connectivity index (χ1) is 13.5. The molecule has 5 heteroatoms. The Morgan fingerprint density at radius 3 is 2.43 bits per heavy atom. The molecule has 0 aliphatic carbocycles. The molecule has 1 heterocycles. The van der Waals surface area contributed by atoms with E-state index in [9.17, 15) is 4.79 Å². The third-order valence-electron chi connectivity index (χ3n) is 4.92. The Hall–Kier alpha value is -3.08. The molecule has 0 saturated carbocycles. The van der Waals surface area contributed by atoms with Crippen molar-refractivity contribution in [2.75, 3.05) is 6.54 Å². The van der Waals surface area contributed by atoms with Gasteiger partial charge in [0.1, 0.15) is 18.2 Å². The van der Waals surface area contributed by atoms with Crippen LogP contribution < -0.4 is 10.1 Å². The zero-order valence-electron chi connectivity index (χ0n) is 16.6. The monoisotopic (exact) mass is 377 g/mol. The second-order valence-corrected chi connectivity index (χ2v) is 7.24. The van der Waals surface area contributed by atoms with E-state index < -0.39 is 0 Å². The number of carbonyl (C=O) groups excluding carboxylic acids is 1. The van der Waals surface area contributed by atoms with Gasteiger partial charge in [-0.1, -0.05) is 44.2 Å². The standard InChI is InChI=1S/C23H27N3O2/c1-17(2)21(18-7-5-4-6-8-18)15-25-23(27)19-9-11-20(12-10-19)28-16-22-24-13-14-26(22)3/h4-14,17,21H,15-16H2,1-3H3,(H,25,27). The van der Waals surface area contributed by atoms with E-state index in [2.05, 4.69) is 36.3 Å². The van der Waals surface area contributed by atoms with Crippen LogP contribution >= 0.6 is 0 Å². The van der Waals surface area contributed by atoms with Crippen molar-refractivity contribution in [1.82, 2.24) is 14.9 Å². The van der Waals surface area contributed by atoms with Crippen LogP contribution in [-0.2, 0) is 13.7 Å². The van der Waals surface area contributed by atoms with Crippen LogP contribution in [0.4, 0.5) is 0 Å². The van der Waals surface area contributed by atoms with Crippen molar-refractivity contribution in [3.8, 4) is 5.75 Å². The molecule has 1 amide bonds. The third-order valence-corrected chi connectivity index (χ3v) is 4.92. The molecule has 0 bridgehead atoms. The summed E-state index contributed by atoms with van der Waals surface area (Å²) in [5, 5.41) is 3.07. The normalized spacial score (nSPS) is 12.0. The van der Waals surface area contributed by atoms with Crippen molar-refractivity contribution >= 4 is 5.91 Å². The van der Waals surface area contributed by atoms with Crippen LogP contribution in [0.3, 0.4) is 0 Å². The van der Waals surface area contributed by atoms with E-state index in [1.807, 2.05) is 48.1 Å². The van der Waals surface area contributed by atoms with Gasteiger partial charge in [-0.25, -0.2) is 4.98 Å². The number of rotatable bonds is 8. The number of hydrogen-bond acceptors (Lipinski definition) is 3. The second-order valence-electron chi connectivity index (χ2n) is 7.24. The van der Waals surface area contributed by atoms with Crippen molar-refractivity contribution in [1.29, 1.82) is 0 Å². The fraction of sp³-hybridized carbons (Fsp3) is 0.304. The van der Waals surface area contributed by atoms with Crippen molar-refractivity contribution in [2.24, 2.45) is 13.0 Å².